The molecule has 0 spiro atoms. The molecule has 7 nitrogen and oxygen atoms in total. The molecule has 5 rings (SSSR count). The van der Waals surface area contributed by atoms with Gasteiger partial charge in [0.05, 0.1) is 17.4 Å². The Hall–Kier alpha value is -2.93. The van der Waals surface area contributed by atoms with Gasteiger partial charge in [0.25, 0.3) is 0 Å². The molecule has 27 heavy (non-hydrogen) atoms. The predicted molar refractivity (Wildman–Crippen MR) is 105 cm³/mol. The molecular formula is C20H24N6O. The van der Waals surface area contributed by atoms with E-state index in [4.69, 9.17) is 9.84 Å². The van der Waals surface area contributed by atoms with Crippen LogP contribution in [0.4, 0.5) is 5.82 Å². The van der Waals surface area contributed by atoms with Crippen molar-refractivity contribution < 1.29 is 4.74 Å². The molecule has 7 heteroatoms. The van der Waals surface area contributed by atoms with Crippen molar-refractivity contribution in [1.29, 1.82) is 0 Å². The van der Waals surface area contributed by atoms with Crippen LogP contribution in [0.25, 0.3) is 16.9 Å². The molecule has 0 saturated carbocycles. The maximum Gasteiger partial charge on any atom is 0.223 e. The van der Waals surface area contributed by atoms with Gasteiger partial charge in [-0.15, -0.1) is 0 Å². The summed E-state index contributed by atoms with van der Waals surface area (Å²) >= 11 is 0. The molecule has 5 heterocycles. The first-order chi connectivity index (χ1) is 13.4. The highest BCUT2D eigenvalue weighted by Gasteiger charge is 2.22. The number of aromatic nitrogens is 4. The van der Waals surface area contributed by atoms with Crippen molar-refractivity contribution in [3.05, 3.63) is 48.4 Å². The van der Waals surface area contributed by atoms with Crippen molar-refractivity contribution in [1.82, 2.24) is 25.1 Å². The Kier molecular flexibility index (Phi) is 5.02. The number of nitrogens with zero attached hydrogens (tertiary/aromatic N) is 5. The first kappa shape index (κ1) is 17.5. The molecule has 0 amide bonds. The molecule has 3 aromatic rings. The van der Waals surface area contributed by atoms with E-state index in [-0.39, 0.29) is 0 Å². The Morgan fingerprint density at radius 3 is 2.70 bits per heavy atom. The molecule has 140 valence electrons. The average Bonchev–Trinajstić information content (AvgIpc) is 3.21. The SMILES string of the molecule is CC.c1cnc2c(c1)-c1nn(-c3ccc(N4CCNCC4)nc3)cc1CO2. The lowest BCUT2D eigenvalue weighted by Gasteiger charge is -2.28. The highest BCUT2D eigenvalue weighted by molar-refractivity contribution is 5.69. The van der Waals surface area contributed by atoms with Gasteiger partial charge in [-0.1, -0.05) is 13.8 Å². The highest BCUT2D eigenvalue weighted by Crippen LogP contribution is 2.34. The van der Waals surface area contributed by atoms with Crippen LogP contribution in [0.15, 0.2) is 42.9 Å². The van der Waals surface area contributed by atoms with Crippen LogP contribution in [0.3, 0.4) is 0 Å². The van der Waals surface area contributed by atoms with E-state index in [2.05, 4.69) is 32.3 Å². The monoisotopic (exact) mass is 364 g/mol. The van der Waals surface area contributed by atoms with Crippen LogP contribution in [0, 0.1) is 0 Å². The van der Waals surface area contributed by atoms with Crippen molar-refractivity contribution in [2.45, 2.75) is 20.5 Å². The highest BCUT2D eigenvalue weighted by atomic mass is 16.5. The average molecular weight is 364 g/mol. The van der Waals surface area contributed by atoms with Gasteiger partial charge in [-0.05, 0) is 24.3 Å². The van der Waals surface area contributed by atoms with Gasteiger partial charge in [0.15, 0.2) is 0 Å². The Morgan fingerprint density at radius 1 is 1.07 bits per heavy atom. The summed E-state index contributed by atoms with van der Waals surface area (Å²) in [5, 5.41) is 8.09. The molecular weight excluding hydrogens is 340 g/mol. The van der Waals surface area contributed by atoms with Crippen LogP contribution in [0.5, 0.6) is 5.88 Å². The van der Waals surface area contributed by atoms with E-state index in [1.807, 2.05) is 43.1 Å². The number of hydrogen-bond acceptors (Lipinski definition) is 6. The fraction of sp³-hybridized carbons (Fsp3) is 0.350. The van der Waals surface area contributed by atoms with Crippen molar-refractivity contribution in [3.63, 3.8) is 0 Å². The number of piperazine rings is 1. The Morgan fingerprint density at radius 2 is 1.93 bits per heavy atom. The summed E-state index contributed by atoms with van der Waals surface area (Å²) in [7, 11) is 0. The standard InChI is InChI=1S/C18H18N6O.C2H6/c1-2-15-17-13(12-25-18(15)20-5-1)11-24(22-17)14-3-4-16(21-10-14)23-8-6-19-7-9-23;1-2/h1-5,10-11,19H,6-9,12H2;1-2H3. The zero-order chi connectivity index (χ0) is 18.6. The third kappa shape index (κ3) is 3.38. The fourth-order valence-corrected chi connectivity index (χ4v) is 3.30. The molecule has 1 fully saturated rings. The largest absolute Gasteiger partial charge is 0.472 e. The van der Waals surface area contributed by atoms with Crippen molar-refractivity contribution in [2.24, 2.45) is 0 Å². The molecule has 0 aromatic carbocycles. The maximum absolute atomic E-state index is 5.70. The molecule has 0 aliphatic carbocycles. The van der Waals surface area contributed by atoms with Gasteiger partial charge in [-0.2, -0.15) is 5.10 Å². The molecule has 1 N–H and O–H groups in total. The number of nitrogens with one attached hydrogen (secondary N) is 1. The summed E-state index contributed by atoms with van der Waals surface area (Å²) < 4.78 is 7.57. The van der Waals surface area contributed by atoms with Crippen molar-refractivity contribution in [3.8, 4) is 22.8 Å². The van der Waals surface area contributed by atoms with Gasteiger partial charge >= 0.3 is 0 Å². The van der Waals surface area contributed by atoms with Gasteiger partial charge in [-0.3, -0.25) is 0 Å². The topological polar surface area (TPSA) is 68.1 Å². The number of hydrogen-bond donors (Lipinski definition) is 1. The molecule has 0 unspecified atom stereocenters. The summed E-state index contributed by atoms with van der Waals surface area (Å²) in [6.45, 7) is 8.48. The van der Waals surface area contributed by atoms with Crippen LogP contribution in [-0.2, 0) is 6.61 Å². The minimum atomic E-state index is 0.492. The maximum atomic E-state index is 5.70. The molecule has 0 atom stereocenters. The van der Waals surface area contributed by atoms with E-state index in [0.29, 0.717) is 12.5 Å². The Labute approximate surface area is 159 Å². The number of rotatable bonds is 2. The summed E-state index contributed by atoms with van der Waals surface area (Å²) in [6.07, 6.45) is 5.62. The van der Waals surface area contributed by atoms with Crippen LogP contribution >= 0.6 is 0 Å². The first-order valence-electron chi connectivity index (χ1n) is 9.47. The smallest absolute Gasteiger partial charge is 0.223 e. The number of fused-ring (bicyclic) bond motifs is 3. The molecule has 0 bridgehead atoms. The van der Waals surface area contributed by atoms with Crippen molar-refractivity contribution >= 4 is 5.82 Å². The zero-order valence-electron chi connectivity index (χ0n) is 15.7. The normalized spacial score (nSPS) is 15.1. The first-order valence-corrected chi connectivity index (χ1v) is 9.47. The summed E-state index contributed by atoms with van der Waals surface area (Å²) in [5.74, 6) is 1.66. The minimum Gasteiger partial charge on any atom is -0.472 e. The quantitative estimate of drug-likeness (QED) is 0.754. The van der Waals surface area contributed by atoms with Gasteiger partial charge < -0.3 is 15.0 Å². The lowest BCUT2D eigenvalue weighted by Crippen LogP contribution is -2.43. The van der Waals surface area contributed by atoms with Crippen LogP contribution in [0.1, 0.15) is 19.4 Å². The van der Waals surface area contributed by atoms with E-state index in [1.54, 1.807) is 6.20 Å². The lowest BCUT2D eigenvalue weighted by atomic mass is 10.1. The molecule has 2 aliphatic rings. The second kappa shape index (κ2) is 7.75. The molecule has 2 aliphatic heterocycles. The third-order valence-electron chi connectivity index (χ3n) is 4.62. The second-order valence-electron chi connectivity index (χ2n) is 6.20. The van der Waals surface area contributed by atoms with E-state index in [9.17, 15) is 0 Å². The summed E-state index contributed by atoms with van der Waals surface area (Å²) in [5.41, 5.74) is 3.87. The van der Waals surface area contributed by atoms with E-state index in [0.717, 1.165) is 54.5 Å². The lowest BCUT2D eigenvalue weighted by molar-refractivity contribution is 0.290. The predicted octanol–water partition coefficient (Wildman–Crippen LogP) is 2.66. The summed E-state index contributed by atoms with van der Waals surface area (Å²) in [4.78, 5) is 11.2. The fourth-order valence-electron chi connectivity index (χ4n) is 3.30. The minimum absolute atomic E-state index is 0.492. The number of ether oxygens (including phenoxy) is 1. The van der Waals surface area contributed by atoms with Gasteiger partial charge in [-0.25, -0.2) is 14.6 Å². The van der Waals surface area contributed by atoms with Gasteiger partial charge in [0.2, 0.25) is 5.88 Å². The van der Waals surface area contributed by atoms with Gasteiger partial charge in [0.1, 0.15) is 18.1 Å². The van der Waals surface area contributed by atoms with Crippen LogP contribution in [0.2, 0.25) is 0 Å². The second-order valence-corrected chi connectivity index (χ2v) is 6.20. The van der Waals surface area contributed by atoms with E-state index < -0.39 is 0 Å². The van der Waals surface area contributed by atoms with Gasteiger partial charge in [0, 0.05) is 44.1 Å². The third-order valence-corrected chi connectivity index (χ3v) is 4.62. The summed E-state index contributed by atoms with van der Waals surface area (Å²) in [6, 6.07) is 8.02. The number of anilines is 1. The molecule has 3 aromatic heterocycles. The van der Waals surface area contributed by atoms with E-state index in [1.165, 1.54) is 0 Å². The Balaban J connectivity index is 0.000000872. The number of pyridine rings is 2. The van der Waals surface area contributed by atoms with Crippen LogP contribution in [-0.4, -0.2) is 45.9 Å². The molecule has 0 radical (unpaired) electrons. The van der Waals surface area contributed by atoms with Crippen LogP contribution < -0.4 is 15.0 Å². The molecule has 1 saturated heterocycles. The van der Waals surface area contributed by atoms with Crippen molar-refractivity contribution in [2.75, 3.05) is 31.1 Å². The Bertz CT molecular complexity index is 899. The zero-order valence-corrected chi connectivity index (χ0v) is 15.7. The van der Waals surface area contributed by atoms with E-state index >= 15 is 0 Å².